The molecule has 1 saturated heterocycles. The van der Waals surface area contributed by atoms with Crippen LogP contribution in [-0.4, -0.2) is 64.2 Å². The number of hydrogen-bond acceptors (Lipinski definition) is 4. The minimum absolute atomic E-state index is 0.109. The number of hydrogen-bond donors (Lipinski definition) is 1. The number of pyridine rings is 1. The minimum atomic E-state index is -0.467. The fourth-order valence-electron chi connectivity index (χ4n) is 3.23. The van der Waals surface area contributed by atoms with Crippen LogP contribution in [-0.2, 0) is 0 Å². The second-order valence-corrected chi connectivity index (χ2v) is 6.80. The number of nitrogens with one attached hydrogen (secondary N) is 1. The Bertz CT molecular complexity index is 1020. The Balaban J connectivity index is 1.65. The molecular weight excluding hydrogens is 361 g/mol. The van der Waals surface area contributed by atoms with Crippen LogP contribution in [0.5, 0.6) is 0 Å². The normalized spacial score (nSPS) is 15.0. The van der Waals surface area contributed by atoms with Crippen molar-refractivity contribution in [3.05, 3.63) is 66.0 Å². The Morgan fingerprint density at radius 2 is 1.75 bits per heavy atom. The lowest BCUT2D eigenvalue weighted by atomic mass is 10.2. The third-order valence-electron chi connectivity index (χ3n) is 4.85. The molecule has 144 valence electrons. The van der Waals surface area contributed by atoms with Crippen LogP contribution in [0.15, 0.2) is 48.7 Å². The largest absolute Gasteiger partial charge is 0.335 e. The highest BCUT2D eigenvalue weighted by atomic mass is 19.1. The van der Waals surface area contributed by atoms with Gasteiger partial charge in [-0.2, -0.15) is 0 Å². The summed E-state index contributed by atoms with van der Waals surface area (Å²) in [4.78, 5) is 34.1. The van der Waals surface area contributed by atoms with E-state index >= 15 is 0 Å². The zero-order chi connectivity index (χ0) is 19.7. The van der Waals surface area contributed by atoms with E-state index in [1.165, 1.54) is 24.3 Å². The lowest BCUT2D eigenvalue weighted by Gasteiger charge is -2.32. The van der Waals surface area contributed by atoms with Crippen molar-refractivity contribution >= 4 is 23.0 Å². The molecular formula is C20H20FN5O2. The molecule has 3 heterocycles. The summed E-state index contributed by atoms with van der Waals surface area (Å²) in [5.74, 6) is -0.926. The van der Waals surface area contributed by atoms with Crippen molar-refractivity contribution in [1.29, 1.82) is 0 Å². The molecule has 0 aliphatic carbocycles. The highest BCUT2D eigenvalue weighted by molar-refractivity contribution is 6.06. The van der Waals surface area contributed by atoms with Crippen LogP contribution >= 0.6 is 0 Å². The van der Waals surface area contributed by atoms with Gasteiger partial charge in [-0.15, -0.1) is 0 Å². The monoisotopic (exact) mass is 381 g/mol. The summed E-state index contributed by atoms with van der Waals surface area (Å²) in [7, 11) is 2.02. The number of benzene rings is 1. The maximum absolute atomic E-state index is 13.1. The Kier molecular flexibility index (Phi) is 4.79. The first-order chi connectivity index (χ1) is 13.5. The number of halogens is 1. The van der Waals surface area contributed by atoms with Crippen molar-refractivity contribution in [2.75, 3.05) is 38.5 Å². The fourth-order valence-corrected chi connectivity index (χ4v) is 3.23. The summed E-state index contributed by atoms with van der Waals surface area (Å²) < 4.78 is 14.7. The van der Waals surface area contributed by atoms with E-state index in [-0.39, 0.29) is 23.2 Å². The summed E-state index contributed by atoms with van der Waals surface area (Å²) in [5.41, 5.74) is 1.29. The summed E-state index contributed by atoms with van der Waals surface area (Å²) in [5, 5.41) is 2.69. The number of carbonyl (C=O) groups is 2. The number of fused-ring (bicyclic) bond motifs is 1. The summed E-state index contributed by atoms with van der Waals surface area (Å²) >= 11 is 0. The van der Waals surface area contributed by atoms with Gasteiger partial charge >= 0.3 is 0 Å². The van der Waals surface area contributed by atoms with Gasteiger partial charge in [0.15, 0.2) is 5.69 Å². The van der Waals surface area contributed by atoms with Crippen molar-refractivity contribution in [3.63, 3.8) is 0 Å². The predicted octanol–water partition coefficient (Wildman–Crippen LogP) is 2.11. The number of amides is 2. The van der Waals surface area contributed by atoms with E-state index in [0.29, 0.717) is 24.3 Å². The topological polar surface area (TPSA) is 69.9 Å². The summed E-state index contributed by atoms with van der Waals surface area (Å²) in [6.45, 7) is 2.85. The second kappa shape index (κ2) is 7.40. The molecule has 8 heteroatoms. The number of anilines is 1. The molecule has 0 saturated carbocycles. The molecule has 0 spiro atoms. The van der Waals surface area contributed by atoms with Gasteiger partial charge in [-0.3, -0.25) is 14.0 Å². The first-order valence-electron chi connectivity index (χ1n) is 9.05. The predicted molar refractivity (Wildman–Crippen MR) is 103 cm³/mol. The number of aromatic nitrogens is 2. The van der Waals surface area contributed by atoms with Crippen molar-refractivity contribution in [3.8, 4) is 0 Å². The smallest absolute Gasteiger partial charge is 0.292 e. The zero-order valence-electron chi connectivity index (χ0n) is 15.4. The van der Waals surface area contributed by atoms with E-state index < -0.39 is 5.91 Å². The number of carbonyl (C=O) groups excluding carboxylic acids is 2. The molecule has 3 aromatic rings. The zero-order valence-corrected chi connectivity index (χ0v) is 15.4. The van der Waals surface area contributed by atoms with Gasteiger partial charge in [0.2, 0.25) is 5.82 Å². The number of piperazine rings is 1. The van der Waals surface area contributed by atoms with Gasteiger partial charge in [0.1, 0.15) is 5.82 Å². The molecule has 2 amide bonds. The van der Waals surface area contributed by atoms with Crippen LogP contribution < -0.4 is 5.32 Å². The second-order valence-electron chi connectivity index (χ2n) is 6.80. The van der Waals surface area contributed by atoms with Gasteiger partial charge in [-0.05, 0) is 43.4 Å². The Morgan fingerprint density at radius 3 is 2.46 bits per heavy atom. The fraction of sp³-hybridized carbons (Fsp3) is 0.250. The van der Waals surface area contributed by atoms with Crippen molar-refractivity contribution in [1.82, 2.24) is 19.2 Å². The average Bonchev–Trinajstić information content (AvgIpc) is 3.10. The van der Waals surface area contributed by atoms with Crippen LogP contribution in [0.2, 0.25) is 0 Å². The van der Waals surface area contributed by atoms with E-state index in [1.807, 2.05) is 7.05 Å². The van der Waals surface area contributed by atoms with E-state index in [4.69, 9.17) is 0 Å². The van der Waals surface area contributed by atoms with Crippen molar-refractivity contribution in [2.45, 2.75) is 0 Å². The summed E-state index contributed by atoms with van der Waals surface area (Å²) in [6, 6.07) is 10.8. The molecule has 0 bridgehead atoms. The molecule has 4 rings (SSSR count). The first kappa shape index (κ1) is 18.1. The molecule has 0 atom stereocenters. The van der Waals surface area contributed by atoms with E-state index in [2.05, 4.69) is 15.2 Å². The van der Waals surface area contributed by atoms with Crippen molar-refractivity contribution in [2.24, 2.45) is 0 Å². The molecule has 1 aromatic carbocycles. The third-order valence-corrected chi connectivity index (χ3v) is 4.85. The number of imidazole rings is 1. The van der Waals surface area contributed by atoms with Crippen LogP contribution in [0.4, 0.5) is 10.1 Å². The third kappa shape index (κ3) is 3.46. The van der Waals surface area contributed by atoms with Crippen molar-refractivity contribution < 1.29 is 14.0 Å². The molecule has 1 aliphatic rings. The minimum Gasteiger partial charge on any atom is -0.335 e. The van der Waals surface area contributed by atoms with Gasteiger partial charge in [-0.1, -0.05) is 6.07 Å². The first-order valence-corrected chi connectivity index (χ1v) is 9.05. The summed E-state index contributed by atoms with van der Waals surface area (Å²) in [6.07, 6.45) is 1.70. The number of nitrogens with zero attached hydrogens (tertiary/aromatic N) is 4. The standard InChI is InChI=1S/C20H20FN5O2/c1-24-10-12-25(13-11-24)20(28)17-16-4-2-3-9-26(16)18(23-17)19(27)22-15-7-5-14(21)6-8-15/h2-9H,10-13H2,1H3,(H,22,27). The quantitative estimate of drug-likeness (QED) is 0.755. The van der Waals surface area contributed by atoms with Crippen LogP contribution in [0.3, 0.4) is 0 Å². The van der Waals surface area contributed by atoms with Gasteiger partial charge in [0.05, 0.1) is 5.52 Å². The molecule has 0 unspecified atom stereocenters. The number of likely N-dealkylation sites (N-methyl/N-ethyl adjacent to an activating group) is 1. The molecule has 1 fully saturated rings. The molecule has 1 aliphatic heterocycles. The van der Waals surface area contributed by atoms with Crippen LogP contribution in [0.25, 0.3) is 5.52 Å². The maximum Gasteiger partial charge on any atom is 0.292 e. The highest BCUT2D eigenvalue weighted by Gasteiger charge is 2.27. The van der Waals surface area contributed by atoms with Gasteiger partial charge in [0.25, 0.3) is 11.8 Å². The van der Waals surface area contributed by atoms with Crippen LogP contribution in [0.1, 0.15) is 21.1 Å². The Hall–Kier alpha value is -3.26. The molecule has 28 heavy (non-hydrogen) atoms. The Labute approximate surface area is 161 Å². The molecule has 2 aromatic heterocycles. The van der Waals surface area contributed by atoms with Crippen LogP contribution in [0, 0.1) is 5.82 Å². The van der Waals surface area contributed by atoms with E-state index in [1.54, 1.807) is 33.7 Å². The lowest BCUT2D eigenvalue weighted by molar-refractivity contribution is 0.0661. The molecule has 1 N–H and O–H groups in total. The maximum atomic E-state index is 13.1. The van der Waals surface area contributed by atoms with Gasteiger partial charge < -0.3 is 15.1 Å². The van der Waals surface area contributed by atoms with Gasteiger partial charge in [0, 0.05) is 38.1 Å². The molecule has 7 nitrogen and oxygen atoms in total. The average molecular weight is 381 g/mol. The van der Waals surface area contributed by atoms with E-state index in [0.717, 1.165) is 13.1 Å². The SMILES string of the molecule is CN1CCN(C(=O)c2nc(C(=O)Nc3ccc(F)cc3)n3ccccc23)CC1. The van der Waals surface area contributed by atoms with Gasteiger partial charge in [-0.25, -0.2) is 9.37 Å². The number of rotatable bonds is 3. The Morgan fingerprint density at radius 1 is 1.04 bits per heavy atom. The molecule has 0 radical (unpaired) electrons. The highest BCUT2D eigenvalue weighted by Crippen LogP contribution is 2.18. The van der Waals surface area contributed by atoms with E-state index in [9.17, 15) is 14.0 Å². The lowest BCUT2D eigenvalue weighted by Crippen LogP contribution is -2.47.